The van der Waals surface area contributed by atoms with Gasteiger partial charge in [-0.1, -0.05) is 12.1 Å². The van der Waals surface area contributed by atoms with Gasteiger partial charge in [0.05, 0.1) is 7.11 Å². The lowest BCUT2D eigenvalue weighted by molar-refractivity contribution is -0.146. The Kier molecular flexibility index (Phi) is 7.72. The molecule has 152 valence electrons. The van der Waals surface area contributed by atoms with Crippen molar-refractivity contribution in [3.63, 3.8) is 0 Å². The van der Waals surface area contributed by atoms with Crippen molar-refractivity contribution in [3.05, 3.63) is 59.7 Å². The van der Waals surface area contributed by atoms with Crippen LogP contribution in [0.5, 0.6) is 5.75 Å². The third-order valence-electron chi connectivity index (χ3n) is 3.73. The van der Waals surface area contributed by atoms with Gasteiger partial charge in [-0.15, -0.1) is 0 Å². The Morgan fingerprint density at radius 1 is 0.931 bits per heavy atom. The number of carbonyl (C=O) groups excluding carboxylic acids is 4. The summed E-state index contributed by atoms with van der Waals surface area (Å²) in [5.74, 6) is -1.60. The van der Waals surface area contributed by atoms with Crippen LogP contribution in [0.25, 0.3) is 0 Å². The summed E-state index contributed by atoms with van der Waals surface area (Å²) >= 11 is 0. The first-order chi connectivity index (χ1) is 13.9. The highest BCUT2D eigenvalue weighted by atomic mass is 16.5. The lowest BCUT2D eigenvalue weighted by atomic mass is 10.2. The fourth-order valence-electron chi connectivity index (χ4n) is 2.30. The molecule has 29 heavy (non-hydrogen) atoms. The third kappa shape index (κ3) is 6.65. The van der Waals surface area contributed by atoms with Crippen LogP contribution < -0.4 is 20.7 Å². The minimum Gasteiger partial charge on any atom is -0.497 e. The highest BCUT2D eigenvalue weighted by Crippen LogP contribution is 2.12. The second-order valence-electron chi connectivity index (χ2n) is 5.78. The second-order valence-corrected chi connectivity index (χ2v) is 5.78. The molecule has 0 aliphatic heterocycles. The Bertz CT molecular complexity index is 913. The largest absolute Gasteiger partial charge is 0.497 e. The van der Waals surface area contributed by atoms with Crippen molar-refractivity contribution in [1.82, 2.24) is 10.6 Å². The number of amides is 3. The van der Waals surface area contributed by atoms with E-state index in [-0.39, 0.29) is 5.91 Å². The highest BCUT2D eigenvalue weighted by molar-refractivity contribution is 5.98. The number of benzene rings is 2. The Morgan fingerprint density at radius 2 is 1.62 bits per heavy atom. The van der Waals surface area contributed by atoms with Crippen LogP contribution in [0.3, 0.4) is 0 Å². The maximum absolute atomic E-state index is 12.0. The standard InChI is InChI=1S/C20H21N3O6/c1-21-19(26)13-5-3-7-15(9-13)23-17(24)12-29-18(25)11-22-20(27)14-6-4-8-16(10-14)28-2/h3-10H,11-12H2,1-2H3,(H,21,26)(H,22,27)(H,23,24). The summed E-state index contributed by atoms with van der Waals surface area (Å²) in [6.07, 6.45) is 0. The molecular formula is C20H21N3O6. The Balaban J connectivity index is 1.78. The number of hydrogen-bond acceptors (Lipinski definition) is 6. The zero-order valence-electron chi connectivity index (χ0n) is 16.0. The normalized spacial score (nSPS) is 9.86. The fraction of sp³-hybridized carbons (Fsp3) is 0.200. The first-order valence-corrected chi connectivity index (χ1v) is 8.63. The molecule has 0 unspecified atom stereocenters. The Morgan fingerprint density at radius 3 is 2.31 bits per heavy atom. The summed E-state index contributed by atoms with van der Waals surface area (Å²) in [5, 5.41) is 7.41. The monoisotopic (exact) mass is 399 g/mol. The molecule has 9 nitrogen and oxygen atoms in total. The first kappa shape index (κ1) is 21.4. The number of rotatable bonds is 8. The summed E-state index contributed by atoms with van der Waals surface area (Å²) < 4.78 is 9.87. The summed E-state index contributed by atoms with van der Waals surface area (Å²) in [7, 11) is 2.98. The molecule has 0 aliphatic rings. The SMILES string of the molecule is CNC(=O)c1cccc(NC(=O)COC(=O)CNC(=O)c2cccc(OC)c2)c1. The fourth-order valence-corrected chi connectivity index (χ4v) is 2.30. The van der Waals surface area contributed by atoms with E-state index in [0.717, 1.165) is 0 Å². The van der Waals surface area contributed by atoms with Crippen molar-refractivity contribution < 1.29 is 28.7 Å². The van der Waals surface area contributed by atoms with E-state index >= 15 is 0 Å². The van der Waals surface area contributed by atoms with Crippen LogP contribution in [0.1, 0.15) is 20.7 Å². The first-order valence-electron chi connectivity index (χ1n) is 8.63. The predicted octanol–water partition coefficient (Wildman–Crippen LogP) is 0.967. The molecule has 3 N–H and O–H groups in total. The minimum absolute atomic E-state index is 0.292. The number of esters is 1. The van der Waals surface area contributed by atoms with Gasteiger partial charge in [0.2, 0.25) is 0 Å². The van der Waals surface area contributed by atoms with Gasteiger partial charge in [-0.3, -0.25) is 19.2 Å². The van der Waals surface area contributed by atoms with Gasteiger partial charge in [0.25, 0.3) is 17.7 Å². The summed E-state index contributed by atoms with van der Waals surface area (Å²) in [4.78, 5) is 47.3. The van der Waals surface area contributed by atoms with Crippen LogP contribution in [0.4, 0.5) is 5.69 Å². The minimum atomic E-state index is -0.768. The zero-order chi connectivity index (χ0) is 21.2. The highest BCUT2D eigenvalue weighted by Gasteiger charge is 2.12. The molecule has 0 saturated heterocycles. The molecule has 0 heterocycles. The predicted molar refractivity (Wildman–Crippen MR) is 105 cm³/mol. The molecule has 3 amide bonds. The molecule has 0 spiro atoms. The van der Waals surface area contributed by atoms with Gasteiger partial charge in [-0.2, -0.15) is 0 Å². The van der Waals surface area contributed by atoms with E-state index in [4.69, 9.17) is 9.47 Å². The topological polar surface area (TPSA) is 123 Å². The lowest BCUT2D eigenvalue weighted by Crippen LogP contribution is -2.32. The molecule has 0 fully saturated rings. The zero-order valence-corrected chi connectivity index (χ0v) is 16.0. The van der Waals surface area contributed by atoms with Crippen molar-refractivity contribution in [2.24, 2.45) is 0 Å². The lowest BCUT2D eigenvalue weighted by Gasteiger charge is -2.09. The van der Waals surface area contributed by atoms with E-state index in [1.165, 1.54) is 26.3 Å². The molecule has 0 bridgehead atoms. The van der Waals surface area contributed by atoms with E-state index in [1.54, 1.807) is 36.4 Å². The number of anilines is 1. The van der Waals surface area contributed by atoms with Crippen molar-refractivity contribution in [2.75, 3.05) is 32.6 Å². The second kappa shape index (κ2) is 10.5. The van der Waals surface area contributed by atoms with Crippen LogP contribution in [0, 0.1) is 0 Å². The molecule has 0 aromatic heterocycles. The van der Waals surface area contributed by atoms with E-state index in [1.807, 2.05) is 0 Å². The van der Waals surface area contributed by atoms with Gasteiger partial charge < -0.3 is 25.4 Å². The molecule has 0 atom stereocenters. The van der Waals surface area contributed by atoms with Gasteiger partial charge in [0.15, 0.2) is 6.61 Å². The van der Waals surface area contributed by atoms with Crippen LogP contribution in [0.15, 0.2) is 48.5 Å². The number of carbonyl (C=O) groups is 4. The molecule has 2 aromatic rings. The van der Waals surface area contributed by atoms with E-state index in [9.17, 15) is 19.2 Å². The third-order valence-corrected chi connectivity index (χ3v) is 3.73. The van der Waals surface area contributed by atoms with Gasteiger partial charge in [0, 0.05) is 23.9 Å². The van der Waals surface area contributed by atoms with Crippen LogP contribution in [0.2, 0.25) is 0 Å². The van der Waals surface area contributed by atoms with Crippen molar-refractivity contribution in [3.8, 4) is 5.75 Å². The molecule has 2 rings (SSSR count). The smallest absolute Gasteiger partial charge is 0.325 e. The van der Waals surface area contributed by atoms with Gasteiger partial charge in [-0.25, -0.2) is 0 Å². The molecule has 0 radical (unpaired) electrons. The molecule has 0 aliphatic carbocycles. The summed E-state index contributed by atoms with van der Waals surface area (Å²) in [5.41, 5.74) is 1.09. The summed E-state index contributed by atoms with van der Waals surface area (Å²) in [6.45, 7) is -0.923. The maximum Gasteiger partial charge on any atom is 0.325 e. The molecule has 2 aromatic carbocycles. The van der Waals surface area contributed by atoms with Gasteiger partial charge in [-0.05, 0) is 36.4 Å². The number of hydrogen-bond donors (Lipinski definition) is 3. The van der Waals surface area contributed by atoms with Crippen LogP contribution in [-0.2, 0) is 14.3 Å². The van der Waals surface area contributed by atoms with Crippen molar-refractivity contribution >= 4 is 29.4 Å². The molecule has 9 heteroatoms. The van der Waals surface area contributed by atoms with Gasteiger partial charge >= 0.3 is 5.97 Å². The number of nitrogens with one attached hydrogen (secondary N) is 3. The van der Waals surface area contributed by atoms with E-state index < -0.39 is 30.9 Å². The summed E-state index contributed by atoms with van der Waals surface area (Å²) in [6, 6.07) is 12.7. The molecule has 0 saturated carbocycles. The van der Waals surface area contributed by atoms with Crippen molar-refractivity contribution in [2.45, 2.75) is 0 Å². The Hall–Kier alpha value is -3.88. The van der Waals surface area contributed by atoms with Crippen LogP contribution >= 0.6 is 0 Å². The number of methoxy groups -OCH3 is 1. The Labute approximate surface area is 167 Å². The van der Waals surface area contributed by atoms with Gasteiger partial charge in [0.1, 0.15) is 12.3 Å². The molecular weight excluding hydrogens is 378 g/mol. The van der Waals surface area contributed by atoms with Crippen LogP contribution in [-0.4, -0.2) is 51.0 Å². The van der Waals surface area contributed by atoms with Crippen molar-refractivity contribution in [1.29, 1.82) is 0 Å². The average Bonchev–Trinajstić information content (AvgIpc) is 2.75. The number of ether oxygens (including phenoxy) is 2. The van der Waals surface area contributed by atoms with E-state index in [2.05, 4.69) is 16.0 Å². The van der Waals surface area contributed by atoms with E-state index in [0.29, 0.717) is 22.6 Å². The average molecular weight is 399 g/mol. The maximum atomic E-state index is 12.0. The quantitative estimate of drug-likeness (QED) is 0.569.